The molecule has 0 fully saturated rings. The number of nitrogens with zero attached hydrogens (tertiary/aromatic N) is 3. The predicted octanol–water partition coefficient (Wildman–Crippen LogP) is 8.16. The number of thiocarbonyl (C=S) groups is 3. The van der Waals surface area contributed by atoms with Gasteiger partial charge in [0, 0.05) is 39.3 Å². The standard InChI is InChI=1S/3C9H19NS2.Gd/c3*1-3-5-7-10(9(11)12)8-6-4-2;/h3*3-8H2,1-2H3,(H,11,12);/q;;;+3/p-3. The van der Waals surface area contributed by atoms with Crippen molar-refractivity contribution in [3.05, 3.63) is 0 Å². The molecule has 0 N–H and O–H groups in total. The third kappa shape index (κ3) is 33.8. The largest absolute Gasteiger partial charge is 3.00 e. The Balaban J connectivity index is -0.000000218. The zero-order valence-electron chi connectivity index (χ0n) is 24.4. The Morgan fingerprint density at radius 3 is 0.622 bits per heavy atom. The second-order valence-corrected chi connectivity index (χ2v) is 12.0. The summed E-state index contributed by atoms with van der Waals surface area (Å²) in [7, 11) is 0. The molecule has 221 valence electrons. The zero-order valence-corrected chi connectivity index (χ0v) is 31.5. The van der Waals surface area contributed by atoms with E-state index in [0.29, 0.717) is 13.0 Å². The molecule has 0 aromatic carbocycles. The summed E-state index contributed by atoms with van der Waals surface area (Å²) in [4.78, 5) is 6.41. The van der Waals surface area contributed by atoms with E-state index >= 15 is 0 Å². The first-order chi connectivity index (χ1) is 17.2. The minimum Gasteiger partial charge on any atom is -0.411 e. The minimum atomic E-state index is 0. The fraction of sp³-hybridized carbons (Fsp3) is 0.889. The second-order valence-electron chi connectivity index (χ2n) is 8.88. The monoisotopic (exact) mass is 770 g/mol. The van der Waals surface area contributed by atoms with Gasteiger partial charge in [-0.2, -0.15) is 0 Å². The number of unbranched alkanes of at least 4 members (excludes halogenated alkanes) is 6. The molecule has 0 saturated heterocycles. The van der Waals surface area contributed by atoms with Gasteiger partial charge in [0.05, 0.1) is 0 Å². The van der Waals surface area contributed by atoms with Crippen molar-refractivity contribution >= 4 is 87.5 Å². The quantitative estimate of drug-likeness (QED) is 0.100. The van der Waals surface area contributed by atoms with E-state index in [4.69, 9.17) is 74.5 Å². The maximum absolute atomic E-state index is 4.98. The van der Waals surface area contributed by atoms with Crippen LogP contribution in [0.5, 0.6) is 0 Å². The molecular formula is C27H54GdN3S6. The molecule has 0 unspecified atom stereocenters. The van der Waals surface area contributed by atoms with Gasteiger partial charge in [0.2, 0.25) is 0 Å². The van der Waals surface area contributed by atoms with Crippen LogP contribution in [0, 0.1) is 39.9 Å². The molecule has 0 rings (SSSR count). The van der Waals surface area contributed by atoms with Crippen molar-refractivity contribution < 1.29 is 39.9 Å². The zero-order chi connectivity index (χ0) is 28.2. The van der Waals surface area contributed by atoms with Crippen molar-refractivity contribution in [2.75, 3.05) is 39.3 Å². The SMILES string of the molecule is CCCCN(CCCC)C(=S)[S-].CCCCN(CCCC)C(=S)[S-].CCCCN(CCCC)C(=S)[S-].[Gd+3]. The van der Waals surface area contributed by atoms with E-state index in [9.17, 15) is 0 Å². The molecule has 0 aliphatic carbocycles. The van der Waals surface area contributed by atoms with Crippen molar-refractivity contribution in [2.24, 2.45) is 0 Å². The van der Waals surface area contributed by atoms with Gasteiger partial charge in [-0.3, -0.25) is 0 Å². The summed E-state index contributed by atoms with van der Waals surface area (Å²) in [6, 6.07) is 0. The maximum atomic E-state index is 4.98. The molecule has 0 aromatic heterocycles. The van der Waals surface area contributed by atoms with E-state index in [1.54, 1.807) is 0 Å². The molecule has 3 nitrogen and oxygen atoms in total. The number of hydrogen-bond donors (Lipinski definition) is 0. The van der Waals surface area contributed by atoms with E-state index in [1.807, 2.05) is 0 Å². The number of rotatable bonds is 18. The van der Waals surface area contributed by atoms with E-state index in [1.165, 1.54) is 77.0 Å². The van der Waals surface area contributed by atoms with E-state index in [2.05, 4.69) is 56.2 Å². The average Bonchev–Trinajstić information content (AvgIpc) is 2.84. The summed E-state index contributed by atoms with van der Waals surface area (Å²) in [5.74, 6) is 0. The van der Waals surface area contributed by atoms with Crippen LogP contribution in [0.25, 0.3) is 0 Å². The first-order valence-corrected chi connectivity index (χ1v) is 16.5. The summed E-state index contributed by atoms with van der Waals surface area (Å²) in [5, 5.41) is 0. The van der Waals surface area contributed by atoms with E-state index in [-0.39, 0.29) is 39.9 Å². The van der Waals surface area contributed by atoms with Crippen molar-refractivity contribution in [3.63, 3.8) is 0 Å². The summed E-state index contributed by atoms with van der Waals surface area (Å²) in [6.07, 6.45) is 14.4. The van der Waals surface area contributed by atoms with Crippen molar-refractivity contribution in [1.29, 1.82) is 0 Å². The van der Waals surface area contributed by atoms with Crippen LogP contribution in [0.2, 0.25) is 0 Å². The molecule has 0 aliphatic heterocycles. The van der Waals surface area contributed by atoms with Gasteiger partial charge in [0.1, 0.15) is 0 Å². The van der Waals surface area contributed by atoms with Gasteiger partial charge in [0.15, 0.2) is 0 Å². The minimum absolute atomic E-state index is 0. The van der Waals surface area contributed by atoms with Crippen LogP contribution in [-0.4, -0.2) is 66.9 Å². The van der Waals surface area contributed by atoms with Gasteiger partial charge in [-0.15, -0.1) is 0 Å². The predicted molar refractivity (Wildman–Crippen MR) is 184 cm³/mol. The van der Waals surface area contributed by atoms with Crippen LogP contribution in [0.15, 0.2) is 0 Å². The van der Waals surface area contributed by atoms with Crippen LogP contribution >= 0.6 is 36.7 Å². The molecule has 0 heterocycles. The van der Waals surface area contributed by atoms with Crippen LogP contribution in [0.4, 0.5) is 0 Å². The Morgan fingerprint density at radius 1 is 0.405 bits per heavy atom. The number of hydrogen-bond acceptors (Lipinski definition) is 6. The molecular weight excluding hydrogens is 716 g/mol. The first kappa shape index (κ1) is 45.6. The second kappa shape index (κ2) is 35.7. The van der Waals surface area contributed by atoms with Crippen LogP contribution in [-0.2, 0) is 37.9 Å². The fourth-order valence-corrected chi connectivity index (χ4v) is 4.07. The summed E-state index contributed by atoms with van der Waals surface area (Å²) in [6.45, 7) is 19.4. The first-order valence-electron chi connectivity index (χ1n) is 14.0. The molecule has 37 heavy (non-hydrogen) atoms. The average molecular weight is 770 g/mol. The maximum Gasteiger partial charge on any atom is 3.00 e. The normalized spacial score (nSPS) is 9.57. The molecule has 0 aromatic rings. The summed E-state index contributed by atoms with van der Waals surface area (Å²) < 4.78 is 1.91. The summed E-state index contributed by atoms with van der Waals surface area (Å²) in [5.41, 5.74) is 0. The van der Waals surface area contributed by atoms with E-state index in [0.717, 1.165) is 39.3 Å². The van der Waals surface area contributed by atoms with Gasteiger partial charge in [0.25, 0.3) is 0 Å². The topological polar surface area (TPSA) is 9.72 Å². The van der Waals surface area contributed by atoms with Crippen LogP contribution < -0.4 is 0 Å². The van der Waals surface area contributed by atoms with Crippen LogP contribution in [0.3, 0.4) is 0 Å². The smallest absolute Gasteiger partial charge is 0.411 e. The van der Waals surface area contributed by atoms with Gasteiger partial charge in [-0.05, 0) is 38.5 Å². The molecule has 10 heteroatoms. The molecule has 1 radical (unpaired) electrons. The van der Waals surface area contributed by atoms with Gasteiger partial charge < -0.3 is 89.2 Å². The van der Waals surface area contributed by atoms with Crippen molar-refractivity contribution in [1.82, 2.24) is 14.7 Å². The van der Waals surface area contributed by atoms with Gasteiger partial charge >= 0.3 is 39.9 Å². The van der Waals surface area contributed by atoms with Crippen molar-refractivity contribution in [2.45, 2.75) is 119 Å². The molecule has 0 aliphatic rings. The third-order valence-electron chi connectivity index (χ3n) is 5.46. The third-order valence-corrected chi connectivity index (χ3v) is 7.01. The van der Waals surface area contributed by atoms with Gasteiger partial charge in [-0.1, -0.05) is 93.0 Å². The van der Waals surface area contributed by atoms with Crippen molar-refractivity contribution in [3.8, 4) is 0 Å². The van der Waals surface area contributed by atoms with Gasteiger partial charge in [-0.25, -0.2) is 0 Å². The fourth-order valence-electron chi connectivity index (χ4n) is 2.98. The summed E-state index contributed by atoms with van der Waals surface area (Å²) >= 11 is 29.9. The molecule has 0 bridgehead atoms. The Labute approximate surface area is 296 Å². The van der Waals surface area contributed by atoms with Crippen LogP contribution in [0.1, 0.15) is 119 Å². The molecule has 0 atom stereocenters. The molecule has 0 spiro atoms. The Hall–Kier alpha value is 1.65. The Kier molecular flexibility index (Phi) is 44.0. The molecule has 0 amide bonds. The van der Waals surface area contributed by atoms with E-state index < -0.39 is 0 Å². The Morgan fingerprint density at radius 2 is 0.541 bits per heavy atom. The Bertz CT molecular complexity index is 431. The molecule has 0 saturated carbocycles.